The molecule has 0 aliphatic rings. The number of hydrogen-bond acceptors (Lipinski definition) is 6. The van der Waals surface area contributed by atoms with Gasteiger partial charge in [0.15, 0.2) is 0 Å². The molecule has 0 fully saturated rings. The summed E-state index contributed by atoms with van der Waals surface area (Å²) in [4.78, 5) is 1.45. The molecule has 0 radical (unpaired) electrons. The maximum atomic E-state index is 5.39. The molecule has 4 aromatic rings. The summed E-state index contributed by atoms with van der Waals surface area (Å²) in [6, 6.07) is 31.7. The zero-order valence-corrected chi connectivity index (χ0v) is 23.6. The van der Waals surface area contributed by atoms with Crippen LogP contribution in [0.4, 0.5) is 0 Å². The summed E-state index contributed by atoms with van der Waals surface area (Å²) < 4.78 is 21.6. The molecule has 4 aromatic carbocycles. The van der Waals surface area contributed by atoms with Gasteiger partial charge in [0.1, 0.15) is 23.0 Å². The van der Waals surface area contributed by atoms with Gasteiger partial charge in [-0.3, -0.25) is 0 Å². The summed E-state index contributed by atoms with van der Waals surface area (Å²) in [6.07, 6.45) is 0. The SMILES string of the molecule is COc1ccc(C(=C(S)C(S)=C(c2ccc(OC)cc2)c2ccc(OC)cc2)c2ccc(OC)cc2)cc1. The third kappa shape index (κ3) is 6.04. The standard InChI is InChI=1S/C32H30O4S2/c1-33-25-13-5-21(6-14-25)29(22-7-15-26(34-2)16-8-22)31(37)32(38)30(23-9-17-27(35-3)18-10-23)24-11-19-28(36-4)20-12-24/h5-20,37-38H,1-4H3. The molecule has 0 aliphatic carbocycles. The predicted molar refractivity (Wildman–Crippen MR) is 162 cm³/mol. The van der Waals surface area contributed by atoms with E-state index in [1.807, 2.05) is 97.1 Å². The number of rotatable bonds is 9. The van der Waals surface area contributed by atoms with E-state index in [2.05, 4.69) is 0 Å². The van der Waals surface area contributed by atoms with Gasteiger partial charge in [0, 0.05) is 21.0 Å². The molecule has 4 rings (SSSR count). The van der Waals surface area contributed by atoms with E-state index in [4.69, 9.17) is 44.2 Å². The smallest absolute Gasteiger partial charge is 0.118 e. The van der Waals surface area contributed by atoms with Crippen molar-refractivity contribution >= 4 is 36.4 Å². The summed E-state index contributed by atoms with van der Waals surface area (Å²) in [7, 11) is 6.63. The van der Waals surface area contributed by atoms with Crippen LogP contribution in [-0.2, 0) is 0 Å². The van der Waals surface area contributed by atoms with Crippen molar-refractivity contribution in [2.75, 3.05) is 28.4 Å². The molecule has 0 aromatic heterocycles. The molecule has 38 heavy (non-hydrogen) atoms. The second-order valence-corrected chi connectivity index (χ2v) is 9.26. The van der Waals surface area contributed by atoms with Crippen LogP contribution < -0.4 is 18.9 Å². The first kappa shape index (κ1) is 27.3. The normalized spacial score (nSPS) is 10.4. The van der Waals surface area contributed by atoms with Crippen LogP contribution in [0.5, 0.6) is 23.0 Å². The van der Waals surface area contributed by atoms with Crippen LogP contribution in [-0.4, -0.2) is 28.4 Å². The quantitative estimate of drug-likeness (QED) is 0.167. The molecular formula is C32H30O4S2. The molecule has 0 atom stereocenters. The van der Waals surface area contributed by atoms with Gasteiger partial charge in [-0.05, 0) is 70.8 Å². The second kappa shape index (κ2) is 12.7. The minimum atomic E-state index is 0.727. The van der Waals surface area contributed by atoms with Gasteiger partial charge < -0.3 is 18.9 Å². The van der Waals surface area contributed by atoms with E-state index in [1.165, 1.54) is 0 Å². The Labute approximate surface area is 235 Å². The summed E-state index contributed by atoms with van der Waals surface area (Å²) in [6.45, 7) is 0. The van der Waals surface area contributed by atoms with Crippen molar-refractivity contribution in [3.63, 3.8) is 0 Å². The Hall–Kier alpha value is -3.74. The summed E-state index contributed by atoms with van der Waals surface area (Å²) in [5.74, 6) is 3.12. The highest BCUT2D eigenvalue weighted by atomic mass is 32.1. The van der Waals surface area contributed by atoms with Crippen LogP contribution in [0.25, 0.3) is 11.1 Å². The van der Waals surface area contributed by atoms with Crippen molar-refractivity contribution in [1.29, 1.82) is 0 Å². The van der Waals surface area contributed by atoms with Crippen LogP contribution in [0.2, 0.25) is 0 Å². The minimum absolute atomic E-state index is 0.727. The van der Waals surface area contributed by atoms with E-state index in [-0.39, 0.29) is 0 Å². The predicted octanol–water partition coefficient (Wildman–Crippen LogP) is 7.80. The van der Waals surface area contributed by atoms with E-state index in [1.54, 1.807) is 28.4 Å². The average Bonchev–Trinajstić information content (AvgIpc) is 2.98. The largest absolute Gasteiger partial charge is 0.497 e. The second-order valence-electron chi connectivity index (χ2n) is 8.36. The Bertz CT molecular complexity index is 1210. The zero-order valence-electron chi connectivity index (χ0n) is 21.8. The Kier molecular flexibility index (Phi) is 9.10. The molecule has 0 saturated heterocycles. The van der Waals surface area contributed by atoms with Crippen LogP contribution in [0, 0.1) is 0 Å². The molecule has 0 aliphatic heterocycles. The molecule has 0 amide bonds. The molecule has 4 nitrogen and oxygen atoms in total. The summed E-state index contributed by atoms with van der Waals surface area (Å²) in [5.41, 5.74) is 5.80. The highest BCUT2D eigenvalue weighted by molar-refractivity contribution is 7.90. The van der Waals surface area contributed by atoms with Gasteiger partial charge in [0.2, 0.25) is 0 Å². The van der Waals surface area contributed by atoms with E-state index >= 15 is 0 Å². The van der Waals surface area contributed by atoms with Gasteiger partial charge in [-0.15, -0.1) is 25.3 Å². The lowest BCUT2D eigenvalue weighted by Gasteiger charge is -2.18. The molecule has 194 valence electrons. The first-order valence-corrected chi connectivity index (χ1v) is 12.8. The van der Waals surface area contributed by atoms with E-state index in [9.17, 15) is 0 Å². The zero-order chi connectivity index (χ0) is 27.1. The topological polar surface area (TPSA) is 36.9 Å². The van der Waals surface area contributed by atoms with E-state index < -0.39 is 0 Å². The van der Waals surface area contributed by atoms with Crippen molar-refractivity contribution < 1.29 is 18.9 Å². The Morgan fingerprint density at radius 3 is 0.711 bits per heavy atom. The summed E-state index contributed by atoms with van der Waals surface area (Å²) in [5, 5.41) is 0. The van der Waals surface area contributed by atoms with Gasteiger partial charge in [-0.2, -0.15) is 0 Å². The molecule has 6 heteroatoms. The average molecular weight is 543 g/mol. The van der Waals surface area contributed by atoms with E-state index in [0.29, 0.717) is 0 Å². The molecule has 0 heterocycles. The van der Waals surface area contributed by atoms with Gasteiger partial charge in [0.25, 0.3) is 0 Å². The molecule has 0 saturated carbocycles. The fourth-order valence-electron chi connectivity index (χ4n) is 4.15. The lowest BCUT2D eigenvalue weighted by atomic mass is 9.93. The number of ether oxygens (including phenoxy) is 4. The van der Waals surface area contributed by atoms with Crippen molar-refractivity contribution in [3.8, 4) is 23.0 Å². The highest BCUT2D eigenvalue weighted by Gasteiger charge is 2.18. The Morgan fingerprint density at radius 1 is 0.368 bits per heavy atom. The van der Waals surface area contributed by atoms with Gasteiger partial charge in [-0.1, -0.05) is 48.5 Å². The third-order valence-electron chi connectivity index (χ3n) is 6.21. The van der Waals surface area contributed by atoms with Crippen molar-refractivity contribution in [2.45, 2.75) is 0 Å². The maximum absolute atomic E-state index is 5.39. The van der Waals surface area contributed by atoms with Gasteiger partial charge in [-0.25, -0.2) is 0 Å². The van der Waals surface area contributed by atoms with Crippen molar-refractivity contribution in [1.82, 2.24) is 0 Å². The number of hydrogen-bond donors (Lipinski definition) is 2. The lowest BCUT2D eigenvalue weighted by molar-refractivity contribution is 0.414. The molecule has 0 N–H and O–H groups in total. The fraction of sp³-hybridized carbons (Fsp3) is 0.125. The van der Waals surface area contributed by atoms with Gasteiger partial charge in [0.05, 0.1) is 28.4 Å². The number of benzene rings is 4. The van der Waals surface area contributed by atoms with Crippen LogP contribution >= 0.6 is 25.3 Å². The Morgan fingerprint density at radius 2 is 0.553 bits per heavy atom. The fourth-order valence-corrected chi connectivity index (χ4v) is 4.89. The van der Waals surface area contributed by atoms with Crippen LogP contribution in [0.3, 0.4) is 0 Å². The van der Waals surface area contributed by atoms with Crippen LogP contribution in [0.15, 0.2) is 107 Å². The van der Waals surface area contributed by atoms with Crippen LogP contribution in [0.1, 0.15) is 22.3 Å². The first-order valence-electron chi connectivity index (χ1n) is 11.9. The molecule has 0 unspecified atom stereocenters. The molecular weight excluding hydrogens is 512 g/mol. The maximum Gasteiger partial charge on any atom is 0.118 e. The Balaban J connectivity index is 1.98. The van der Waals surface area contributed by atoms with Crippen molar-refractivity contribution in [3.05, 3.63) is 129 Å². The number of thiol groups is 2. The van der Waals surface area contributed by atoms with Crippen molar-refractivity contribution in [2.24, 2.45) is 0 Å². The number of methoxy groups -OCH3 is 4. The minimum Gasteiger partial charge on any atom is -0.497 e. The lowest BCUT2D eigenvalue weighted by Crippen LogP contribution is -1.97. The van der Waals surface area contributed by atoms with Gasteiger partial charge >= 0.3 is 0 Å². The van der Waals surface area contributed by atoms with E-state index in [0.717, 1.165) is 66.2 Å². The molecule has 0 bridgehead atoms. The third-order valence-corrected chi connectivity index (χ3v) is 7.28. The first-order chi connectivity index (χ1) is 18.5. The monoisotopic (exact) mass is 542 g/mol. The summed E-state index contributed by atoms with van der Waals surface area (Å²) >= 11 is 10.2. The molecule has 0 spiro atoms. The highest BCUT2D eigenvalue weighted by Crippen LogP contribution is 2.41.